The van der Waals surface area contributed by atoms with Crippen LogP contribution < -0.4 is 19.5 Å². The second-order valence-corrected chi connectivity index (χ2v) is 9.28. The molecule has 0 saturated carbocycles. The Morgan fingerprint density at radius 1 is 1.11 bits per heavy atom. The van der Waals surface area contributed by atoms with E-state index in [1.54, 1.807) is 0 Å². The summed E-state index contributed by atoms with van der Waals surface area (Å²) in [6, 6.07) is 5.37. The molecule has 0 atom stereocenters. The van der Waals surface area contributed by atoms with Crippen LogP contribution in [0, 0.1) is 0 Å². The maximum atomic E-state index is 13.1. The van der Waals surface area contributed by atoms with Crippen molar-refractivity contribution in [3.63, 3.8) is 0 Å². The van der Waals surface area contributed by atoms with Crippen molar-refractivity contribution in [3.8, 4) is 17.2 Å². The van der Waals surface area contributed by atoms with E-state index in [0.717, 1.165) is 12.1 Å². The highest BCUT2D eigenvalue weighted by molar-refractivity contribution is 9.10. The molecular weight excluding hydrogens is 601 g/mol. The molecule has 202 valence electrons. The van der Waals surface area contributed by atoms with Gasteiger partial charge in [-0.2, -0.15) is 13.2 Å². The highest BCUT2D eigenvalue weighted by atomic mass is 79.9. The average Bonchev–Trinajstić information content (AvgIpc) is 3.10. The third-order valence-corrected chi connectivity index (χ3v) is 6.49. The van der Waals surface area contributed by atoms with Gasteiger partial charge in [0.15, 0.2) is 18.1 Å². The molecule has 0 bridgehead atoms. The summed E-state index contributed by atoms with van der Waals surface area (Å²) in [6.07, 6.45) is -3.31. The molecule has 3 amide bonds. The maximum Gasteiger partial charge on any atom is 0.416 e. The number of thioether (sulfide) groups is 1. The van der Waals surface area contributed by atoms with E-state index in [9.17, 15) is 32.3 Å². The first-order valence-corrected chi connectivity index (χ1v) is 12.0. The second-order valence-electron chi connectivity index (χ2n) is 7.44. The van der Waals surface area contributed by atoms with Gasteiger partial charge in [0.1, 0.15) is 12.3 Å². The van der Waals surface area contributed by atoms with E-state index in [0.29, 0.717) is 32.8 Å². The van der Waals surface area contributed by atoms with Gasteiger partial charge in [0.25, 0.3) is 11.1 Å². The number of carboxylic acid groups (broad SMARTS) is 1. The Morgan fingerprint density at radius 3 is 2.39 bits per heavy atom. The third kappa shape index (κ3) is 6.77. The zero-order valence-electron chi connectivity index (χ0n) is 19.6. The number of hydrogen-bond acceptors (Lipinski definition) is 8. The Labute approximate surface area is 225 Å². The molecule has 0 radical (unpaired) electrons. The Kier molecular flexibility index (Phi) is 8.93. The summed E-state index contributed by atoms with van der Waals surface area (Å²) in [6.45, 7) is -1.37. The van der Waals surface area contributed by atoms with Crippen LogP contribution in [0.3, 0.4) is 0 Å². The van der Waals surface area contributed by atoms with Gasteiger partial charge < -0.3 is 24.6 Å². The fourth-order valence-corrected chi connectivity index (χ4v) is 4.43. The van der Waals surface area contributed by atoms with Crippen molar-refractivity contribution in [1.82, 2.24) is 4.90 Å². The molecule has 10 nitrogen and oxygen atoms in total. The number of aliphatic carboxylic acids is 1. The summed E-state index contributed by atoms with van der Waals surface area (Å²) in [5.41, 5.74) is -0.924. The van der Waals surface area contributed by atoms with Crippen molar-refractivity contribution in [2.45, 2.75) is 6.18 Å². The molecule has 0 aromatic heterocycles. The lowest BCUT2D eigenvalue weighted by atomic mass is 10.1. The van der Waals surface area contributed by atoms with Gasteiger partial charge in [0.2, 0.25) is 5.91 Å². The smallest absolute Gasteiger partial charge is 0.416 e. The van der Waals surface area contributed by atoms with Gasteiger partial charge in [-0.25, -0.2) is 4.79 Å². The van der Waals surface area contributed by atoms with Crippen LogP contribution in [0.25, 0.3) is 6.08 Å². The molecule has 1 saturated heterocycles. The lowest BCUT2D eigenvalue weighted by Crippen LogP contribution is -2.36. The summed E-state index contributed by atoms with van der Waals surface area (Å²) in [7, 11) is 2.53. The third-order valence-electron chi connectivity index (χ3n) is 4.90. The SMILES string of the molecule is COc1ccc(C(F)(F)F)cc1NC(=O)CN1C(=O)S/C(=C\c2cc(OC)c(OCC(=O)O)cc2Br)C1=O. The highest BCUT2D eigenvalue weighted by Crippen LogP contribution is 2.38. The molecule has 38 heavy (non-hydrogen) atoms. The first-order chi connectivity index (χ1) is 17.8. The van der Waals surface area contributed by atoms with Gasteiger partial charge in [0, 0.05) is 4.47 Å². The van der Waals surface area contributed by atoms with Crippen LogP contribution in [0.1, 0.15) is 11.1 Å². The summed E-state index contributed by atoms with van der Waals surface area (Å²) >= 11 is 3.84. The lowest BCUT2D eigenvalue weighted by Gasteiger charge is -2.16. The number of nitrogens with zero attached hydrogens (tertiary/aromatic N) is 1. The number of benzene rings is 2. The van der Waals surface area contributed by atoms with Crippen molar-refractivity contribution in [3.05, 3.63) is 50.8 Å². The first-order valence-electron chi connectivity index (χ1n) is 10.4. The van der Waals surface area contributed by atoms with Crippen LogP contribution in [0.5, 0.6) is 17.2 Å². The number of anilines is 1. The minimum absolute atomic E-state index is 0.0404. The van der Waals surface area contributed by atoms with Crippen LogP contribution in [-0.2, 0) is 20.6 Å². The number of carbonyl (C=O) groups excluding carboxylic acids is 3. The Bertz CT molecular complexity index is 1330. The van der Waals surface area contributed by atoms with Crippen molar-refractivity contribution in [1.29, 1.82) is 0 Å². The van der Waals surface area contributed by atoms with E-state index in [1.165, 1.54) is 32.4 Å². The van der Waals surface area contributed by atoms with Crippen molar-refractivity contribution < 1.29 is 51.7 Å². The standard InChI is InChI=1S/C23H18BrF3N2O8S/c1-35-15-4-3-12(23(25,26)27)7-14(15)28-19(30)9-29-21(33)18(38-22(29)34)6-11-5-16(36-2)17(8-13(11)24)37-10-20(31)32/h3-8H,9-10H2,1-2H3,(H,28,30)(H,31,32)/b18-6-. The van der Waals surface area contributed by atoms with E-state index in [-0.39, 0.29) is 27.8 Å². The minimum atomic E-state index is -4.67. The number of nitrogens with one attached hydrogen (secondary N) is 1. The molecule has 1 heterocycles. The molecule has 2 aromatic carbocycles. The van der Waals surface area contributed by atoms with Gasteiger partial charge in [-0.15, -0.1) is 0 Å². The molecule has 0 aliphatic carbocycles. The highest BCUT2D eigenvalue weighted by Gasteiger charge is 2.37. The molecule has 0 unspecified atom stereocenters. The minimum Gasteiger partial charge on any atom is -0.495 e. The van der Waals surface area contributed by atoms with Crippen LogP contribution in [0.4, 0.5) is 23.7 Å². The van der Waals surface area contributed by atoms with Crippen LogP contribution in [-0.4, -0.2) is 60.4 Å². The fraction of sp³-hybridized carbons (Fsp3) is 0.217. The summed E-state index contributed by atoms with van der Waals surface area (Å²) in [5.74, 6) is -2.69. The van der Waals surface area contributed by atoms with Gasteiger partial charge in [0.05, 0.1) is 30.4 Å². The van der Waals surface area contributed by atoms with Crippen molar-refractivity contribution >= 4 is 62.5 Å². The quantitative estimate of drug-likeness (QED) is 0.386. The Morgan fingerprint density at radius 2 is 1.79 bits per heavy atom. The van der Waals surface area contributed by atoms with Gasteiger partial charge in [-0.3, -0.25) is 19.3 Å². The Hall–Kier alpha value is -3.72. The van der Waals surface area contributed by atoms with Crippen LogP contribution in [0.2, 0.25) is 0 Å². The van der Waals surface area contributed by atoms with Crippen molar-refractivity contribution in [2.75, 3.05) is 32.7 Å². The number of amides is 3. The molecule has 1 fully saturated rings. The van der Waals surface area contributed by atoms with Crippen LogP contribution in [0.15, 0.2) is 39.7 Å². The zero-order chi connectivity index (χ0) is 28.2. The van der Waals surface area contributed by atoms with Crippen LogP contribution >= 0.6 is 27.7 Å². The first kappa shape index (κ1) is 28.8. The number of carbonyl (C=O) groups is 4. The molecule has 2 aromatic rings. The topological polar surface area (TPSA) is 131 Å². The number of ether oxygens (including phenoxy) is 3. The van der Waals surface area contributed by atoms with E-state index >= 15 is 0 Å². The number of halogens is 4. The summed E-state index contributed by atoms with van der Waals surface area (Å²) in [5, 5.41) is 10.3. The Balaban J connectivity index is 1.78. The van der Waals surface area contributed by atoms with E-state index in [4.69, 9.17) is 19.3 Å². The number of alkyl halides is 3. The average molecular weight is 619 g/mol. The van der Waals surface area contributed by atoms with Gasteiger partial charge >= 0.3 is 12.1 Å². The van der Waals surface area contributed by atoms with E-state index in [1.807, 2.05) is 0 Å². The van der Waals surface area contributed by atoms with Gasteiger partial charge in [-0.05, 0) is 53.7 Å². The molecule has 1 aliphatic heterocycles. The normalized spacial score (nSPS) is 14.6. The number of rotatable bonds is 9. The van der Waals surface area contributed by atoms with E-state index < -0.39 is 47.9 Å². The monoisotopic (exact) mass is 618 g/mol. The number of carboxylic acids is 1. The number of hydrogen-bond donors (Lipinski definition) is 2. The fourth-order valence-electron chi connectivity index (χ4n) is 3.17. The largest absolute Gasteiger partial charge is 0.495 e. The molecule has 0 spiro atoms. The number of imide groups is 1. The summed E-state index contributed by atoms with van der Waals surface area (Å²) < 4.78 is 54.9. The summed E-state index contributed by atoms with van der Waals surface area (Å²) in [4.78, 5) is 49.2. The molecular formula is C23H18BrF3N2O8S. The molecule has 2 N–H and O–H groups in total. The molecule has 15 heteroatoms. The predicted octanol–water partition coefficient (Wildman–Crippen LogP) is 4.62. The molecule has 3 rings (SSSR count). The lowest BCUT2D eigenvalue weighted by molar-refractivity contribution is -0.139. The van der Waals surface area contributed by atoms with Crippen molar-refractivity contribution in [2.24, 2.45) is 0 Å². The predicted molar refractivity (Wildman–Crippen MR) is 133 cm³/mol. The maximum absolute atomic E-state index is 13.1. The number of methoxy groups -OCH3 is 2. The zero-order valence-corrected chi connectivity index (χ0v) is 22.0. The van der Waals surface area contributed by atoms with Gasteiger partial charge in [-0.1, -0.05) is 15.9 Å². The second kappa shape index (κ2) is 11.8. The molecule has 1 aliphatic rings. The van der Waals surface area contributed by atoms with E-state index in [2.05, 4.69) is 21.2 Å².